The lowest BCUT2D eigenvalue weighted by Crippen LogP contribution is -2.54. The number of ether oxygens (including phenoxy) is 1. The number of fused-ring (bicyclic) bond motifs is 1. The van der Waals surface area contributed by atoms with E-state index in [-0.39, 0.29) is 17.5 Å². The fourth-order valence-corrected chi connectivity index (χ4v) is 6.14. The smallest absolute Gasteiger partial charge is 0.321 e. The molecule has 1 saturated carbocycles. The summed E-state index contributed by atoms with van der Waals surface area (Å²) in [4.78, 5) is 27.7. The molecule has 3 aliphatic rings. The van der Waals surface area contributed by atoms with E-state index in [1.807, 2.05) is 41.3 Å². The van der Waals surface area contributed by atoms with Crippen molar-refractivity contribution in [3.05, 3.63) is 59.7 Å². The zero-order valence-corrected chi connectivity index (χ0v) is 18.6. The van der Waals surface area contributed by atoms with Crippen LogP contribution in [0.5, 0.6) is 5.75 Å². The van der Waals surface area contributed by atoms with Crippen LogP contribution in [-0.2, 0) is 5.54 Å². The summed E-state index contributed by atoms with van der Waals surface area (Å²) in [5, 5.41) is 6.47. The molecule has 1 unspecified atom stereocenters. The Kier molecular flexibility index (Phi) is 5.53. The van der Waals surface area contributed by atoms with Crippen molar-refractivity contribution in [1.29, 1.82) is 0 Å². The molecular weight excluding hydrogens is 402 g/mol. The Bertz CT molecular complexity index is 992. The van der Waals surface area contributed by atoms with Gasteiger partial charge in [0.2, 0.25) is 0 Å². The fraction of sp³-hybridized carbons (Fsp3) is 0.462. The third kappa shape index (κ3) is 3.51. The first kappa shape index (κ1) is 20.9. The SMILES string of the molecule is COc1ccc(NC(=O)N2CCC(C3(C4CCCC4)NC(=O)c4ccccc43)CC2)cc1. The van der Waals surface area contributed by atoms with E-state index in [1.54, 1.807) is 7.11 Å². The van der Waals surface area contributed by atoms with E-state index in [9.17, 15) is 9.59 Å². The minimum Gasteiger partial charge on any atom is -0.497 e. The lowest BCUT2D eigenvalue weighted by Gasteiger charge is -2.46. The molecule has 2 heterocycles. The normalized spacial score (nSPS) is 23.7. The minimum atomic E-state index is -0.289. The molecule has 0 bridgehead atoms. The molecule has 5 rings (SSSR count). The number of piperidine rings is 1. The van der Waals surface area contributed by atoms with Crippen molar-refractivity contribution in [1.82, 2.24) is 10.2 Å². The number of carbonyl (C=O) groups is 2. The Hall–Kier alpha value is -3.02. The highest BCUT2D eigenvalue weighted by Gasteiger charge is 2.53. The van der Waals surface area contributed by atoms with Crippen LogP contribution in [0, 0.1) is 11.8 Å². The molecule has 6 heteroatoms. The van der Waals surface area contributed by atoms with E-state index in [0.29, 0.717) is 24.9 Å². The molecule has 1 saturated heterocycles. The highest BCUT2D eigenvalue weighted by molar-refractivity contribution is 6.00. The Morgan fingerprint density at radius 2 is 1.66 bits per heavy atom. The molecular formula is C26H31N3O3. The van der Waals surface area contributed by atoms with Crippen LogP contribution < -0.4 is 15.4 Å². The third-order valence-electron chi connectivity index (χ3n) is 7.70. The Labute approximate surface area is 189 Å². The molecule has 2 fully saturated rings. The third-order valence-corrected chi connectivity index (χ3v) is 7.70. The maximum atomic E-state index is 12.9. The summed E-state index contributed by atoms with van der Waals surface area (Å²) in [5.41, 5.74) is 2.48. The van der Waals surface area contributed by atoms with Gasteiger partial charge in [-0.1, -0.05) is 31.0 Å². The van der Waals surface area contributed by atoms with Crippen LogP contribution in [0.15, 0.2) is 48.5 Å². The van der Waals surface area contributed by atoms with Crippen molar-refractivity contribution in [2.75, 3.05) is 25.5 Å². The first-order chi connectivity index (χ1) is 15.6. The van der Waals surface area contributed by atoms with Crippen molar-refractivity contribution in [2.45, 2.75) is 44.1 Å². The van der Waals surface area contributed by atoms with E-state index < -0.39 is 0 Å². The summed E-state index contributed by atoms with van der Waals surface area (Å²) in [6.45, 7) is 1.39. The zero-order chi connectivity index (χ0) is 22.1. The number of nitrogens with zero attached hydrogens (tertiary/aromatic N) is 1. The standard InChI is InChI=1S/C26H31N3O3/c1-32-21-12-10-20(11-13-21)27-25(31)29-16-14-19(15-17-29)26(18-6-2-3-7-18)23-9-5-4-8-22(23)24(30)28-26/h4-5,8-13,18-19H,2-3,6-7,14-17H2,1H3,(H,27,31)(H,28,30). The van der Waals surface area contributed by atoms with Crippen LogP contribution in [0.2, 0.25) is 0 Å². The van der Waals surface area contributed by atoms with E-state index >= 15 is 0 Å². The predicted molar refractivity (Wildman–Crippen MR) is 124 cm³/mol. The number of carbonyl (C=O) groups excluding carboxylic acids is 2. The first-order valence-electron chi connectivity index (χ1n) is 11.7. The number of anilines is 1. The number of amides is 3. The van der Waals surface area contributed by atoms with Gasteiger partial charge < -0.3 is 20.3 Å². The van der Waals surface area contributed by atoms with Gasteiger partial charge in [0, 0.05) is 24.3 Å². The van der Waals surface area contributed by atoms with Gasteiger partial charge in [-0.25, -0.2) is 4.79 Å². The number of hydrogen-bond donors (Lipinski definition) is 2. The molecule has 168 valence electrons. The van der Waals surface area contributed by atoms with E-state index in [2.05, 4.69) is 22.8 Å². The Morgan fingerprint density at radius 3 is 2.34 bits per heavy atom. The van der Waals surface area contributed by atoms with Gasteiger partial charge in [0.25, 0.3) is 5.91 Å². The molecule has 0 radical (unpaired) electrons. The fourth-order valence-electron chi connectivity index (χ4n) is 6.14. The lowest BCUT2D eigenvalue weighted by atomic mass is 9.66. The molecule has 0 spiro atoms. The van der Waals surface area contributed by atoms with Crippen molar-refractivity contribution in [3.8, 4) is 5.75 Å². The zero-order valence-electron chi connectivity index (χ0n) is 18.6. The van der Waals surface area contributed by atoms with Gasteiger partial charge in [-0.15, -0.1) is 0 Å². The van der Waals surface area contributed by atoms with E-state index in [1.165, 1.54) is 18.4 Å². The van der Waals surface area contributed by atoms with Crippen molar-refractivity contribution < 1.29 is 14.3 Å². The average molecular weight is 434 g/mol. The largest absolute Gasteiger partial charge is 0.497 e. The van der Waals surface area contributed by atoms with Gasteiger partial charge in [0.15, 0.2) is 0 Å². The summed E-state index contributed by atoms with van der Waals surface area (Å²) >= 11 is 0. The number of hydrogen-bond acceptors (Lipinski definition) is 3. The summed E-state index contributed by atoms with van der Waals surface area (Å²) in [5.74, 6) is 1.63. The number of likely N-dealkylation sites (tertiary alicyclic amines) is 1. The van der Waals surface area contributed by atoms with Crippen molar-refractivity contribution in [3.63, 3.8) is 0 Å². The van der Waals surface area contributed by atoms with Crippen molar-refractivity contribution >= 4 is 17.6 Å². The molecule has 2 aromatic carbocycles. The topological polar surface area (TPSA) is 70.7 Å². The molecule has 32 heavy (non-hydrogen) atoms. The second-order valence-corrected chi connectivity index (χ2v) is 9.27. The van der Waals surface area contributed by atoms with Crippen LogP contribution >= 0.6 is 0 Å². The maximum Gasteiger partial charge on any atom is 0.321 e. The quantitative estimate of drug-likeness (QED) is 0.730. The predicted octanol–water partition coefficient (Wildman–Crippen LogP) is 4.77. The number of benzene rings is 2. The van der Waals surface area contributed by atoms with Gasteiger partial charge in [-0.05, 0) is 73.4 Å². The highest BCUT2D eigenvalue weighted by Crippen LogP contribution is 2.51. The minimum absolute atomic E-state index is 0.0622. The van der Waals surface area contributed by atoms with E-state index in [4.69, 9.17) is 4.74 Å². The average Bonchev–Trinajstić information content (AvgIpc) is 3.47. The van der Waals surface area contributed by atoms with Crippen LogP contribution in [0.4, 0.5) is 10.5 Å². The van der Waals surface area contributed by atoms with Gasteiger partial charge >= 0.3 is 6.03 Å². The second kappa shape index (κ2) is 8.49. The number of rotatable bonds is 4. The molecule has 1 aliphatic carbocycles. The number of urea groups is 1. The van der Waals surface area contributed by atoms with Crippen LogP contribution in [0.25, 0.3) is 0 Å². The lowest BCUT2D eigenvalue weighted by molar-refractivity contribution is 0.0649. The second-order valence-electron chi connectivity index (χ2n) is 9.27. The van der Waals surface area contributed by atoms with Gasteiger partial charge in [-0.2, -0.15) is 0 Å². The molecule has 6 nitrogen and oxygen atoms in total. The van der Waals surface area contributed by atoms with Gasteiger partial charge in [-0.3, -0.25) is 4.79 Å². The van der Waals surface area contributed by atoms with Gasteiger partial charge in [0.1, 0.15) is 5.75 Å². The van der Waals surface area contributed by atoms with Gasteiger partial charge in [0.05, 0.1) is 12.6 Å². The maximum absolute atomic E-state index is 12.9. The number of methoxy groups -OCH3 is 1. The number of nitrogens with one attached hydrogen (secondary N) is 2. The highest BCUT2D eigenvalue weighted by atomic mass is 16.5. The summed E-state index contributed by atoms with van der Waals surface area (Å²) in [6, 6.07) is 15.4. The molecule has 3 amide bonds. The Morgan fingerprint density at radius 1 is 1.00 bits per heavy atom. The summed E-state index contributed by atoms with van der Waals surface area (Å²) in [7, 11) is 1.63. The van der Waals surface area contributed by atoms with Crippen molar-refractivity contribution in [2.24, 2.45) is 11.8 Å². The molecule has 2 aliphatic heterocycles. The first-order valence-corrected chi connectivity index (χ1v) is 11.7. The summed E-state index contributed by atoms with van der Waals surface area (Å²) < 4.78 is 5.18. The summed E-state index contributed by atoms with van der Waals surface area (Å²) in [6.07, 6.45) is 6.56. The van der Waals surface area contributed by atoms with Crippen LogP contribution in [-0.4, -0.2) is 37.0 Å². The molecule has 0 aromatic heterocycles. The van der Waals surface area contributed by atoms with Crippen LogP contribution in [0.1, 0.15) is 54.4 Å². The van der Waals surface area contributed by atoms with E-state index in [0.717, 1.165) is 42.7 Å². The molecule has 2 N–H and O–H groups in total. The monoisotopic (exact) mass is 433 g/mol. The molecule has 1 atom stereocenters. The van der Waals surface area contributed by atoms with Crippen LogP contribution in [0.3, 0.4) is 0 Å². The Balaban J connectivity index is 1.31. The molecule has 2 aromatic rings.